The summed E-state index contributed by atoms with van der Waals surface area (Å²) in [5.41, 5.74) is 1.43. The molecule has 8 nitrogen and oxygen atoms in total. The van der Waals surface area contributed by atoms with Crippen molar-refractivity contribution in [3.8, 4) is 0 Å². The number of sulfone groups is 1. The van der Waals surface area contributed by atoms with Crippen molar-refractivity contribution in [3.63, 3.8) is 0 Å². The van der Waals surface area contributed by atoms with Crippen molar-refractivity contribution in [3.05, 3.63) is 65.5 Å². The molecule has 1 aliphatic carbocycles. The zero-order valence-corrected chi connectivity index (χ0v) is 22.1. The number of benzene rings is 2. The summed E-state index contributed by atoms with van der Waals surface area (Å²) in [6.07, 6.45) is 3.29. The third kappa shape index (κ3) is 7.37. The Bertz CT molecular complexity index is 1200. The monoisotopic (exact) mass is 530 g/mol. The van der Waals surface area contributed by atoms with Crippen LogP contribution in [0.3, 0.4) is 0 Å². The SMILES string of the molecule is CN1CCN(C(=O)[C@H](CCCN[C@@H]2C[C@H]2c2ccc(F)cc2)NC(=O)c2ccc(S(C)(=O)=O)cc2)CC1. The number of carbonyl (C=O) groups excluding carboxylic acids is 2. The molecule has 0 radical (unpaired) electrons. The number of hydrogen-bond acceptors (Lipinski definition) is 6. The van der Waals surface area contributed by atoms with E-state index in [1.807, 2.05) is 19.2 Å². The summed E-state index contributed by atoms with van der Waals surface area (Å²) in [6, 6.07) is 12.0. The normalized spacial score (nSPS) is 20.9. The van der Waals surface area contributed by atoms with Gasteiger partial charge in [0.05, 0.1) is 4.90 Å². The summed E-state index contributed by atoms with van der Waals surface area (Å²) in [4.78, 5) is 30.4. The van der Waals surface area contributed by atoms with E-state index < -0.39 is 21.8 Å². The van der Waals surface area contributed by atoms with Crippen molar-refractivity contribution in [2.24, 2.45) is 0 Å². The molecule has 200 valence electrons. The van der Waals surface area contributed by atoms with Crippen LogP contribution in [0.5, 0.6) is 0 Å². The van der Waals surface area contributed by atoms with Gasteiger partial charge < -0.3 is 20.4 Å². The molecule has 37 heavy (non-hydrogen) atoms. The molecule has 2 aromatic carbocycles. The lowest BCUT2D eigenvalue weighted by molar-refractivity contribution is -0.135. The van der Waals surface area contributed by atoms with Gasteiger partial charge in [0.15, 0.2) is 9.84 Å². The second-order valence-electron chi connectivity index (χ2n) is 10.0. The highest BCUT2D eigenvalue weighted by molar-refractivity contribution is 7.90. The van der Waals surface area contributed by atoms with Crippen molar-refractivity contribution in [2.45, 2.75) is 42.2 Å². The van der Waals surface area contributed by atoms with E-state index in [2.05, 4.69) is 15.5 Å². The molecule has 2 aliphatic rings. The van der Waals surface area contributed by atoms with E-state index in [1.165, 1.54) is 36.4 Å². The Hall–Kier alpha value is -2.82. The van der Waals surface area contributed by atoms with Crippen LogP contribution in [0.15, 0.2) is 53.4 Å². The van der Waals surface area contributed by atoms with Crippen molar-refractivity contribution >= 4 is 21.7 Å². The van der Waals surface area contributed by atoms with Crippen LogP contribution in [0, 0.1) is 5.82 Å². The van der Waals surface area contributed by atoms with Crippen molar-refractivity contribution < 1.29 is 22.4 Å². The van der Waals surface area contributed by atoms with E-state index in [0.717, 1.165) is 31.3 Å². The quantitative estimate of drug-likeness (QED) is 0.456. The maximum absolute atomic E-state index is 13.3. The van der Waals surface area contributed by atoms with Gasteiger partial charge in [-0.3, -0.25) is 9.59 Å². The Labute approximate surface area is 218 Å². The lowest BCUT2D eigenvalue weighted by Gasteiger charge is -2.34. The molecule has 1 saturated heterocycles. The number of nitrogens with zero attached hydrogens (tertiary/aromatic N) is 2. The highest BCUT2D eigenvalue weighted by Gasteiger charge is 2.37. The van der Waals surface area contributed by atoms with Crippen molar-refractivity contribution in [1.29, 1.82) is 0 Å². The number of nitrogens with one attached hydrogen (secondary N) is 2. The van der Waals surface area contributed by atoms with E-state index in [1.54, 1.807) is 4.90 Å². The molecule has 0 unspecified atom stereocenters. The Morgan fingerprint density at radius 2 is 1.68 bits per heavy atom. The fraction of sp³-hybridized carbons (Fsp3) is 0.481. The zero-order valence-electron chi connectivity index (χ0n) is 21.3. The van der Waals surface area contributed by atoms with Gasteiger partial charge >= 0.3 is 0 Å². The molecule has 3 atom stereocenters. The fourth-order valence-electron chi connectivity index (χ4n) is 4.69. The van der Waals surface area contributed by atoms with Gasteiger partial charge in [0.1, 0.15) is 11.9 Å². The van der Waals surface area contributed by atoms with Crippen LogP contribution in [0.2, 0.25) is 0 Å². The number of piperazine rings is 1. The summed E-state index contributed by atoms with van der Waals surface area (Å²) >= 11 is 0. The molecule has 1 aliphatic heterocycles. The molecule has 2 fully saturated rings. The predicted molar refractivity (Wildman–Crippen MR) is 140 cm³/mol. The molecule has 10 heteroatoms. The minimum absolute atomic E-state index is 0.0928. The second-order valence-corrected chi connectivity index (χ2v) is 12.1. The molecule has 0 bridgehead atoms. The maximum Gasteiger partial charge on any atom is 0.251 e. The molecule has 1 saturated carbocycles. The summed E-state index contributed by atoms with van der Waals surface area (Å²) in [6.45, 7) is 3.50. The highest BCUT2D eigenvalue weighted by atomic mass is 32.2. The molecule has 2 amide bonds. The standard InChI is InChI=1S/C27H35FN4O4S/c1-31-14-16-32(17-15-31)27(34)24(30-26(33)20-7-11-22(12-8-20)37(2,35)36)4-3-13-29-25-18-23(25)19-5-9-21(28)10-6-19/h5-12,23-25,29H,3-4,13-18H2,1-2H3,(H,30,33)/t23-,24-,25+/m0/s1. The largest absolute Gasteiger partial charge is 0.340 e. The Morgan fingerprint density at radius 1 is 1.03 bits per heavy atom. The lowest BCUT2D eigenvalue weighted by Crippen LogP contribution is -2.54. The minimum atomic E-state index is -3.36. The fourth-order valence-corrected chi connectivity index (χ4v) is 5.32. The van der Waals surface area contributed by atoms with Gasteiger partial charge in [-0.1, -0.05) is 12.1 Å². The van der Waals surface area contributed by atoms with E-state index in [0.29, 0.717) is 50.0 Å². The third-order valence-corrected chi connectivity index (χ3v) is 8.26. The first kappa shape index (κ1) is 27.2. The topological polar surface area (TPSA) is 98.8 Å². The maximum atomic E-state index is 13.3. The predicted octanol–water partition coefficient (Wildman–Crippen LogP) is 2.03. The van der Waals surface area contributed by atoms with Gasteiger partial charge in [-0.25, -0.2) is 12.8 Å². The van der Waals surface area contributed by atoms with Gasteiger partial charge in [-0.15, -0.1) is 0 Å². The van der Waals surface area contributed by atoms with Gasteiger partial charge in [-0.2, -0.15) is 0 Å². The van der Waals surface area contributed by atoms with E-state index >= 15 is 0 Å². The smallest absolute Gasteiger partial charge is 0.251 e. The molecule has 1 heterocycles. The summed E-state index contributed by atoms with van der Waals surface area (Å²) in [5.74, 6) is -0.361. The van der Waals surface area contributed by atoms with Crippen molar-refractivity contribution in [2.75, 3.05) is 46.0 Å². The second kappa shape index (κ2) is 11.7. The minimum Gasteiger partial charge on any atom is -0.340 e. The summed E-state index contributed by atoms with van der Waals surface area (Å²) in [5, 5.41) is 6.40. The Morgan fingerprint density at radius 3 is 2.30 bits per heavy atom. The van der Waals surface area contributed by atoms with E-state index in [4.69, 9.17) is 0 Å². The number of halogens is 1. The highest BCUT2D eigenvalue weighted by Crippen LogP contribution is 2.40. The molecule has 0 spiro atoms. The number of amides is 2. The summed E-state index contributed by atoms with van der Waals surface area (Å²) in [7, 11) is -1.34. The van der Waals surface area contributed by atoms with Crippen LogP contribution in [0.25, 0.3) is 0 Å². The molecular formula is C27H35FN4O4S. The molecular weight excluding hydrogens is 495 g/mol. The van der Waals surface area contributed by atoms with Gasteiger partial charge in [-0.05, 0) is 74.8 Å². The number of rotatable bonds is 10. The number of likely N-dealkylation sites (N-methyl/N-ethyl adjacent to an activating group) is 1. The zero-order chi connectivity index (χ0) is 26.6. The van der Waals surface area contributed by atoms with Crippen molar-refractivity contribution in [1.82, 2.24) is 20.4 Å². The first-order valence-electron chi connectivity index (χ1n) is 12.7. The summed E-state index contributed by atoms with van der Waals surface area (Å²) < 4.78 is 36.6. The molecule has 0 aromatic heterocycles. The Kier molecular flexibility index (Phi) is 8.61. The molecule has 2 N–H and O–H groups in total. The number of hydrogen-bond donors (Lipinski definition) is 2. The van der Waals surface area contributed by atoms with E-state index in [-0.39, 0.29) is 16.6 Å². The van der Waals surface area contributed by atoms with Crippen LogP contribution < -0.4 is 10.6 Å². The van der Waals surface area contributed by atoms with Crippen LogP contribution in [-0.2, 0) is 14.6 Å². The molecule has 2 aromatic rings. The first-order valence-corrected chi connectivity index (χ1v) is 14.6. The van der Waals surface area contributed by atoms with Crippen LogP contribution in [0.1, 0.15) is 41.1 Å². The third-order valence-electron chi connectivity index (χ3n) is 7.13. The van der Waals surface area contributed by atoms with Crippen LogP contribution in [-0.4, -0.2) is 88.1 Å². The average molecular weight is 531 g/mol. The van der Waals surface area contributed by atoms with Gasteiger partial charge in [0.2, 0.25) is 5.91 Å². The van der Waals surface area contributed by atoms with E-state index in [9.17, 15) is 22.4 Å². The first-order chi connectivity index (χ1) is 17.6. The van der Waals surface area contributed by atoms with Gasteiger partial charge in [0.25, 0.3) is 5.91 Å². The Balaban J connectivity index is 1.33. The number of carbonyl (C=O) groups is 2. The lowest BCUT2D eigenvalue weighted by atomic mass is 10.1. The van der Waals surface area contributed by atoms with Gasteiger partial charge in [0, 0.05) is 50.0 Å². The van der Waals surface area contributed by atoms with Crippen LogP contribution in [0.4, 0.5) is 4.39 Å². The molecule has 4 rings (SSSR count). The average Bonchev–Trinajstić information content (AvgIpc) is 3.65. The van der Waals surface area contributed by atoms with Crippen LogP contribution >= 0.6 is 0 Å².